The number of nitrogens with one attached hydrogen (secondary N) is 2. The summed E-state index contributed by atoms with van der Waals surface area (Å²) in [6, 6.07) is 11.0. The van der Waals surface area contributed by atoms with E-state index in [-0.39, 0.29) is 23.9 Å². The Morgan fingerprint density at radius 2 is 1.88 bits per heavy atom. The maximum atomic E-state index is 11.9. The summed E-state index contributed by atoms with van der Waals surface area (Å²) in [4.78, 5) is 11.9. The molecule has 0 aliphatic rings. The number of nitrogens with two attached hydrogens (primary N) is 1. The Kier molecular flexibility index (Phi) is 9.86. The van der Waals surface area contributed by atoms with Crippen LogP contribution in [0.15, 0.2) is 41.0 Å². The largest absolute Gasteiger partial charge is 0.493 e. The van der Waals surface area contributed by atoms with Gasteiger partial charge >= 0.3 is 0 Å². The van der Waals surface area contributed by atoms with E-state index in [4.69, 9.17) is 38.4 Å². The molecular weight excluding hydrogens is 481 g/mol. The van der Waals surface area contributed by atoms with E-state index < -0.39 is 5.91 Å². The number of methoxy groups -OCH3 is 1. The van der Waals surface area contributed by atoms with Gasteiger partial charge in [0.15, 0.2) is 11.5 Å². The molecule has 4 N–H and O–H groups in total. The van der Waals surface area contributed by atoms with Crippen molar-refractivity contribution in [3.63, 3.8) is 0 Å². The van der Waals surface area contributed by atoms with Gasteiger partial charge in [0, 0.05) is 24.7 Å². The van der Waals surface area contributed by atoms with Gasteiger partial charge in [0.1, 0.15) is 6.61 Å². The van der Waals surface area contributed by atoms with Gasteiger partial charge < -0.3 is 25.8 Å². The average Bonchev–Trinajstić information content (AvgIpc) is 3.19. The van der Waals surface area contributed by atoms with Gasteiger partial charge in [-0.15, -0.1) is 12.4 Å². The topological polar surface area (TPSA) is 125 Å². The van der Waals surface area contributed by atoms with E-state index in [1.54, 1.807) is 25.3 Å². The molecule has 0 atom stereocenters. The zero-order chi connectivity index (χ0) is 22.2. The standard InChI is InChI=1S/C20H21Cl2N5O4.ClH/c1-29-16-9-13(10-24-6-7-25-20(28)17-19(23)27-31-26-17)8-15(22)18(16)30-11-12-2-4-14(21)5-3-12;/h2-5,8-9,24H,6-7,10-11H2,1H3,(H2,23,27)(H,25,28);1H. The summed E-state index contributed by atoms with van der Waals surface area (Å²) in [5.74, 6) is 0.493. The van der Waals surface area contributed by atoms with Crippen LogP contribution in [0.2, 0.25) is 10.0 Å². The van der Waals surface area contributed by atoms with Gasteiger partial charge in [0.2, 0.25) is 11.5 Å². The molecule has 3 rings (SSSR count). The molecule has 0 aliphatic heterocycles. The number of nitrogens with zero attached hydrogens (tertiary/aromatic N) is 2. The Bertz CT molecular complexity index is 1030. The van der Waals surface area contributed by atoms with E-state index in [9.17, 15) is 4.79 Å². The first-order valence-corrected chi connectivity index (χ1v) is 10.0. The van der Waals surface area contributed by atoms with E-state index in [0.717, 1.165) is 11.1 Å². The van der Waals surface area contributed by atoms with E-state index in [0.29, 0.717) is 47.8 Å². The van der Waals surface area contributed by atoms with Crippen molar-refractivity contribution in [3.05, 3.63) is 63.3 Å². The number of benzene rings is 2. The molecule has 0 saturated heterocycles. The lowest BCUT2D eigenvalue weighted by Gasteiger charge is -2.15. The molecule has 0 unspecified atom stereocenters. The molecule has 0 radical (unpaired) electrons. The molecule has 0 spiro atoms. The van der Waals surface area contributed by atoms with Crippen LogP contribution in [-0.4, -0.2) is 36.4 Å². The summed E-state index contributed by atoms with van der Waals surface area (Å²) in [6.07, 6.45) is 0. The minimum atomic E-state index is -0.451. The van der Waals surface area contributed by atoms with Gasteiger partial charge in [0.05, 0.1) is 12.1 Å². The molecule has 9 nitrogen and oxygen atoms in total. The number of hydrogen-bond acceptors (Lipinski definition) is 8. The minimum Gasteiger partial charge on any atom is -0.493 e. The molecule has 12 heteroatoms. The second kappa shape index (κ2) is 12.4. The number of rotatable bonds is 10. The number of aromatic nitrogens is 2. The highest BCUT2D eigenvalue weighted by Gasteiger charge is 2.15. The highest BCUT2D eigenvalue weighted by atomic mass is 35.5. The van der Waals surface area contributed by atoms with Crippen LogP contribution >= 0.6 is 35.6 Å². The fourth-order valence-electron chi connectivity index (χ4n) is 2.69. The lowest BCUT2D eigenvalue weighted by molar-refractivity contribution is 0.0944. The molecule has 0 aliphatic carbocycles. The van der Waals surface area contributed by atoms with E-state index >= 15 is 0 Å². The van der Waals surface area contributed by atoms with Crippen LogP contribution in [-0.2, 0) is 13.2 Å². The van der Waals surface area contributed by atoms with Crippen molar-refractivity contribution in [2.75, 3.05) is 25.9 Å². The Morgan fingerprint density at radius 3 is 2.53 bits per heavy atom. The number of carbonyl (C=O) groups excluding carboxylic acids is 1. The van der Waals surface area contributed by atoms with Gasteiger partial charge in [-0.25, -0.2) is 4.63 Å². The molecule has 0 fully saturated rings. The SMILES string of the molecule is COc1cc(CNCCNC(=O)c2nonc2N)cc(Cl)c1OCc1ccc(Cl)cc1.Cl. The van der Waals surface area contributed by atoms with Crippen LogP contribution in [0, 0.1) is 0 Å². The zero-order valence-electron chi connectivity index (χ0n) is 17.1. The first kappa shape index (κ1) is 25.5. The first-order valence-electron chi connectivity index (χ1n) is 9.28. The number of carbonyl (C=O) groups is 1. The number of anilines is 1. The predicted octanol–water partition coefficient (Wildman–Crippen LogP) is 3.49. The Labute approximate surface area is 200 Å². The maximum Gasteiger partial charge on any atom is 0.277 e. The summed E-state index contributed by atoms with van der Waals surface area (Å²) in [5.41, 5.74) is 7.30. The zero-order valence-corrected chi connectivity index (χ0v) is 19.4. The summed E-state index contributed by atoms with van der Waals surface area (Å²) in [7, 11) is 1.55. The normalized spacial score (nSPS) is 10.3. The minimum absolute atomic E-state index is 0. The van der Waals surface area contributed by atoms with Crippen molar-refractivity contribution in [2.45, 2.75) is 13.2 Å². The smallest absolute Gasteiger partial charge is 0.277 e. The first-order chi connectivity index (χ1) is 15.0. The third-order valence-corrected chi connectivity index (χ3v) is 4.76. The van der Waals surface area contributed by atoms with Crippen LogP contribution in [0.25, 0.3) is 0 Å². The quantitative estimate of drug-likeness (QED) is 0.360. The van der Waals surface area contributed by atoms with E-state index in [1.165, 1.54) is 0 Å². The van der Waals surface area contributed by atoms with Gasteiger partial charge in [-0.1, -0.05) is 35.3 Å². The maximum absolute atomic E-state index is 11.9. The third-order valence-electron chi connectivity index (χ3n) is 4.23. The van der Waals surface area contributed by atoms with Crippen LogP contribution in [0.3, 0.4) is 0 Å². The molecule has 172 valence electrons. The lowest BCUT2D eigenvalue weighted by Crippen LogP contribution is -2.32. The summed E-state index contributed by atoms with van der Waals surface area (Å²) in [5, 5.41) is 13.8. The predicted molar refractivity (Wildman–Crippen MR) is 124 cm³/mol. The van der Waals surface area contributed by atoms with Crippen molar-refractivity contribution in [3.8, 4) is 11.5 Å². The van der Waals surface area contributed by atoms with Crippen molar-refractivity contribution >= 4 is 47.3 Å². The molecule has 3 aromatic rings. The monoisotopic (exact) mass is 501 g/mol. The van der Waals surface area contributed by atoms with Crippen molar-refractivity contribution < 1.29 is 18.9 Å². The fourth-order valence-corrected chi connectivity index (χ4v) is 3.10. The van der Waals surface area contributed by atoms with E-state index in [1.807, 2.05) is 18.2 Å². The van der Waals surface area contributed by atoms with Gasteiger partial charge in [0.25, 0.3) is 5.91 Å². The van der Waals surface area contributed by atoms with Crippen LogP contribution in [0.4, 0.5) is 5.82 Å². The third kappa shape index (κ3) is 6.89. The summed E-state index contributed by atoms with van der Waals surface area (Å²) in [6.45, 7) is 1.71. The molecular formula is C20H22Cl3N5O4. The molecule has 1 aromatic heterocycles. The van der Waals surface area contributed by atoms with Crippen LogP contribution < -0.4 is 25.8 Å². The molecule has 0 saturated carbocycles. The Morgan fingerprint density at radius 1 is 1.12 bits per heavy atom. The molecule has 32 heavy (non-hydrogen) atoms. The van der Waals surface area contributed by atoms with Crippen molar-refractivity contribution in [2.24, 2.45) is 0 Å². The number of hydrogen-bond donors (Lipinski definition) is 3. The second-order valence-electron chi connectivity index (χ2n) is 6.45. The summed E-state index contributed by atoms with van der Waals surface area (Å²) >= 11 is 12.3. The second-order valence-corrected chi connectivity index (χ2v) is 7.30. The molecule has 2 aromatic carbocycles. The highest BCUT2D eigenvalue weighted by molar-refractivity contribution is 6.32. The van der Waals surface area contributed by atoms with Crippen LogP contribution in [0.5, 0.6) is 11.5 Å². The van der Waals surface area contributed by atoms with Crippen molar-refractivity contribution in [1.29, 1.82) is 0 Å². The fraction of sp³-hybridized carbons (Fsp3) is 0.250. The number of amides is 1. The lowest BCUT2D eigenvalue weighted by atomic mass is 10.2. The highest BCUT2D eigenvalue weighted by Crippen LogP contribution is 2.37. The number of nitrogen functional groups attached to an aromatic ring is 1. The van der Waals surface area contributed by atoms with Crippen LogP contribution in [0.1, 0.15) is 21.6 Å². The number of ether oxygens (including phenoxy) is 2. The Hall–Kier alpha value is -2.72. The van der Waals surface area contributed by atoms with Gasteiger partial charge in [-0.2, -0.15) is 0 Å². The van der Waals surface area contributed by atoms with Crippen molar-refractivity contribution in [1.82, 2.24) is 20.9 Å². The van der Waals surface area contributed by atoms with E-state index in [2.05, 4.69) is 25.6 Å². The molecule has 1 heterocycles. The number of halogens is 3. The average molecular weight is 503 g/mol. The van der Waals surface area contributed by atoms with Gasteiger partial charge in [-0.05, 0) is 45.7 Å². The molecule has 1 amide bonds. The summed E-state index contributed by atoms with van der Waals surface area (Å²) < 4.78 is 15.7. The van der Waals surface area contributed by atoms with Gasteiger partial charge in [-0.3, -0.25) is 4.79 Å². The Balaban J connectivity index is 0.00000363. The molecule has 0 bridgehead atoms.